The van der Waals surface area contributed by atoms with Crippen molar-refractivity contribution in [1.82, 2.24) is 9.97 Å². The Bertz CT molecular complexity index is 550. The van der Waals surface area contributed by atoms with Crippen LogP contribution in [0, 0.1) is 6.92 Å². The lowest BCUT2D eigenvalue weighted by atomic mass is 10.1. The van der Waals surface area contributed by atoms with Gasteiger partial charge in [0, 0.05) is 12.1 Å². The maximum Gasteiger partial charge on any atom is 0.134 e. The normalized spacial score (nSPS) is 10.9. The first-order chi connectivity index (χ1) is 8.54. The van der Waals surface area contributed by atoms with E-state index in [2.05, 4.69) is 55.0 Å². The second-order valence-corrected chi connectivity index (χ2v) is 5.24. The number of benzene rings is 1. The number of rotatable bonds is 3. The van der Waals surface area contributed by atoms with Gasteiger partial charge in [-0.05, 0) is 24.5 Å². The molecule has 18 heavy (non-hydrogen) atoms. The molecule has 2 rings (SSSR count). The van der Waals surface area contributed by atoms with Gasteiger partial charge in [-0.15, -0.1) is 0 Å². The Morgan fingerprint density at radius 1 is 1.17 bits per heavy atom. The third-order valence-electron chi connectivity index (χ3n) is 2.80. The quantitative estimate of drug-likeness (QED) is 0.775. The van der Waals surface area contributed by atoms with Gasteiger partial charge >= 0.3 is 0 Å². The van der Waals surface area contributed by atoms with Crippen LogP contribution >= 0.6 is 11.6 Å². The maximum atomic E-state index is 6.04. The molecule has 0 spiro atoms. The molecule has 0 bridgehead atoms. The Balaban J connectivity index is 2.29. The first-order valence-corrected chi connectivity index (χ1v) is 6.51. The molecule has 94 valence electrons. The summed E-state index contributed by atoms with van der Waals surface area (Å²) >= 11 is 6.04. The van der Waals surface area contributed by atoms with Gasteiger partial charge in [-0.25, -0.2) is 9.97 Å². The number of hydrogen-bond acceptors (Lipinski definition) is 2. The SMILES string of the molecule is Cc1cccc(Cc2nc(Cl)cc(C(C)C)n2)c1. The summed E-state index contributed by atoms with van der Waals surface area (Å²) in [6.07, 6.45) is 0.724. The lowest BCUT2D eigenvalue weighted by molar-refractivity contribution is 0.791. The Labute approximate surface area is 113 Å². The van der Waals surface area contributed by atoms with Crippen molar-refractivity contribution >= 4 is 11.6 Å². The molecule has 1 aromatic heterocycles. The lowest BCUT2D eigenvalue weighted by Crippen LogP contribution is -2.02. The van der Waals surface area contributed by atoms with E-state index in [0.29, 0.717) is 11.1 Å². The van der Waals surface area contributed by atoms with Crippen LogP contribution in [0.15, 0.2) is 30.3 Å². The summed E-state index contributed by atoms with van der Waals surface area (Å²) in [6.45, 7) is 6.30. The van der Waals surface area contributed by atoms with Crippen LogP contribution in [-0.2, 0) is 6.42 Å². The van der Waals surface area contributed by atoms with Crippen LogP contribution in [0.25, 0.3) is 0 Å². The average Bonchev–Trinajstić information content (AvgIpc) is 2.28. The minimum atomic E-state index is 0.363. The molecule has 0 saturated carbocycles. The van der Waals surface area contributed by atoms with Crippen LogP contribution < -0.4 is 0 Å². The summed E-state index contributed by atoms with van der Waals surface area (Å²) in [5.41, 5.74) is 3.46. The molecular formula is C15H17ClN2. The Morgan fingerprint density at radius 3 is 2.61 bits per heavy atom. The van der Waals surface area contributed by atoms with Gasteiger partial charge in [0.2, 0.25) is 0 Å². The molecular weight excluding hydrogens is 244 g/mol. The van der Waals surface area contributed by atoms with Crippen LogP contribution in [0.2, 0.25) is 5.15 Å². The van der Waals surface area contributed by atoms with Gasteiger partial charge in [0.05, 0.1) is 0 Å². The third kappa shape index (κ3) is 3.30. The van der Waals surface area contributed by atoms with E-state index in [9.17, 15) is 0 Å². The highest BCUT2D eigenvalue weighted by molar-refractivity contribution is 6.29. The molecule has 0 amide bonds. The summed E-state index contributed by atoms with van der Waals surface area (Å²) in [6, 6.07) is 10.2. The standard InChI is InChI=1S/C15H17ClN2/c1-10(2)13-9-14(16)18-15(17-13)8-12-6-4-5-11(3)7-12/h4-7,9-10H,8H2,1-3H3. The van der Waals surface area contributed by atoms with E-state index in [0.717, 1.165) is 17.9 Å². The Kier molecular flexibility index (Phi) is 3.97. The van der Waals surface area contributed by atoms with Crippen molar-refractivity contribution in [1.29, 1.82) is 0 Å². The molecule has 0 radical (unpaired) electrons. The monoisotopic (exact) mass is 260 g/mol. The summed E-state index contributed by atoms with van der Waals surface area (Å²) in [5, 5.41) is 0.524. The first kappa shape index (κ1) is 13.0. The average molecular weight is 261 g/mol. The second kappa shape index (κ2) is 5.49. The van der Waals surface area contributed by atoms with Crippen molar-refractivity contribution < 1.29 is 0 Å². The topological polar surface area (TPSA) is 25.8 Å². The third-order valence-corrected chi connectivity index (χ3v) is 2.99. The van der Waals surface area contributed by atoms with Crippen molar-refractivity contribution in [3.8, 4) is 0 Å². The largest absolute Gasteiger partial charge is 0.237 e. The van der Waals surface area contributed by atoms with E-state index in [1.807, 2.05) is 6.07 Å². The van der Waals surface area contributed by atoms with E-state index in [1.165, 1.54) is 11.1 Å². The van der Waals surface area contributed by atoms with Crippen molar-refractivity contribution in [2.45, 2.75) is 33.1 Å². The fourth-order valence-corrected chi connectivity index (χ4v) is 2.07. The van der Waals surface area contributed by atoms with Crippen molar-refractivity contribution in [3.05, 3.63) is 58.1 Å². The molecule has 0 aliphatic carbocycles. The molecule has 0 atom stereocenters. The highest BCUT2D eigenvalue weighted by atomic mass is 35.5. The number of nitrogens with zero attached hydrogens (tertiary/aromatic N) is 2. The van der Waals surface area contributed by atoms with Gasteiger partial charge in [-0.3, -0.25) is 0 Å². The number of halogens is 1. The molecule has 0 unspecified atom stereocenters. The molecule has 2 nitrogen and oxygen atoms in total. The summed E-state index contributed by atoms with van der Waals surface area (Å²) < 4.78 is 0. The number of hydrogen-bond donors (Lipinski definition) is 0. The van der Waals surface area contributed by atoms with Crippen LogP contribution in [-0.4, -0.2) is 9.97 Å². The zero-order valence-electron chi connectivity index (χ0n) is 10.9. The van der Waals surface area contributed by atoms with E-state index < -0.39 is 0 Å². The van der Waals surface area contributed by atoms with Gasteiger partial charge in [0.25, 0.3) is 0 Å². The lowest BCUT2D eigenvalue weighted by Gasteiger charge is -2.08. The molecule has 0 aliphatic heterocycles. The van der Waals surface area contributed by atoms with E-state index in [1.54, 1.807) is 0 Å². The zero-order valence-corrected chi connectivity index (χ0v) is 11.7. The van der Waals surface area contributed by atoms with Crippen LogP contribution in [0.1, 0.15) is 42.4 Å². The summed E-state index contributed by atoms with van der Waals surface area (Å²) in [7, 11) is 0. The summed E-state index contributed by atoms with van der Waals surface area (Å²) in [4.78, 5) is 8.86. The molecule has 1 heterocycles. The molecule has 0 aliphatic rings. The predicted octanol–water partition coefficient (Wildman–Crippen LogP) is 4.15. The minimum absolute atomic E-state index is 0.363. The van der Waals surface area contributed by atoms with Crippen molar-refractivity contribution in [2.75, 3.05) is 0 Å². The maximum absolute atomic E-state index is 6.04. The fourth-order valence-electron chi connectivity index (χ4n) is 1.86. The van der Waals surface area contributed by atoms with Crippen molar-refractivity contribution in [3.63, 3.8) is 0 Å². The smallest absolute Gasteiger partial charge is 0.134 e. The van der Waals surface area contributed by atoms with Crippen molar-refractivity contribution in [2.24, 2.45) is 0 Å². The predicted molar refractivity (Wildman–Crippen MR) is 75.1 cm³/mol. The van der Waals surface area contributed by atoms with Gasteiger partial charge in [-0.2, -0.15) is 0 Å². The zero-order chi connectivity index (χ0) is 13.1. The summed E-state index contributed by atoms with van der Waals surface area (Å²) in [5.74, 6) is 1.15. The highest BCUT2D eigenvalue weighted by Crippen LogP contribution is 2.17. The van der Waals surface area contributed by atoms with Crippen LogP contribution in [0.4, 0.5) is 0 Å². The van der Waals surface area contributed by atoms with Crippen LogP contribution in [0.5, 0.6) is 0 Å². The van der Waals surface area contributed by atoms with Gasteiger partial charge < -0.3 is 0 Å². The van der Waals surface area contributed by atoms with Gasteiger partial charge in [-0.1, -0.05) is 55.3 Å². The minimum Gasteiger partial charge on any atom is -0.237 e. The molecule has 3 heteroatoms. The molecule has 0 N–H and O–H groups in total. The van der Waals surface area contributed by atoms with E-state index in [-0.39, 0.29) is 0 Å². The first-order valence-electron chi connectivity index (χ1n) is 6.13. The number of aromatic nitrogens is 2. The Morgan fingerprint density at radius 2 is 1.94 bits per heavy atom. The molecule has 1 aromatic carbocycles. The number of aryl methyl sites for hydroxylation is 1. The second-order valence-electron chi connectivity index (χ2n) is 4.85. The van der Waals surface area contributed by atoms with Gasteiger partial charge in [0.1, 0.15) is 11.0 Å². The highest BCUT2D eigenvalue weighted by Gasteiger charge is 2.07. The molecule has 2 aromatic rings. The van der Waals surface area contributed by atoms with Crippen LogP contribution in [0.3, 0.4) is 0 Å². The van der Waals surface area contributed by atoms with E-state index in [4.69, 9.17) is 11.6 Å². The van der Waals surface area contributed by atoms with Gasteiger partial charge in [0.15, 0.2) is 0 Å². The Hall–Kier alpha value is -1.41. The molecule has 0 saturated heterocycles. The van der Waals surface area contributed by atoms with E-state index >= 15 is 0 Å². The molecule has 0 fully saturated rings. The fraction of sp³-hybridized carbons (Fsp3) is 0.333.